The molecule has 1 aliphatic heterocycles. The highest BCUT2D eigenvalue weighted by Gasteiger charge is 2.26. The number of likely N-dealkylation sites (tertiary alicyclic amines) is 1. The van der Waals surface area contributed by atoms with Gasteiger partial charge in [-0.2, -0.15) is 0 Å². The maximum absolute atomic E-state index is 12.4. The minimum atomic E-state index is -0.368. The summed E-state index contributed by atoms with van der Waals surface area (Å²) in [5.41, 5.74) is 0. The van der Waals surface area contributed by atoms with Crippen molar-refractivity contribution in [1.82, 2.24) is 9.88 Å². The highest BCUT2D eigenvalue weighted by Crippen LogP contribution is 2.19. The second-order valence-electron chi connectivity index (χ2n) is 5.97. The number of amides is 1. The number of carbonyl (C=O) groups excluding carboxylic acids is 1. The van der Waals surface area contributed by atoms with Crippen LogP contribution >= 0.6 is 11.6 Å². The lowest BCUT2D eigenvalue weighted by atomic mass is 9.96. The van der Waals surface area contributed by atoms with E-state index < -0.39 is 0 Å². The van der Waals surface area contributed by atoms with E-state index in [-0.39, 0.29) is 17.9 Å². The first-order valence-corrected chi connectivity index (χ1v) is 8.40. The Morgan fingerprint density at radius 3 is 3.13 bits per heavy atom. The van der Waals surface area contributed by atoms with Gasteiger partial charge in [0, 0.05) is 19.3 Å². The number of aliphatic hydroxyl groups excluding tert-OH is 1. The highest BCUT2D eigenvalue weighted by molar-refractivity contribution is 6.30. The van der Waals surface area contributed by atoms with Crippen LogP contribution in [-0.2, 0) is 4.79 Å². The van der Waals surface area contributed by atoms with Crippen molar-refractivity contribution < 1.29 is 9.90 Å². The van der Waals surface area contributed by atoms with Crippen LogP contribution in [0.25, 0.3) is 0 Å². The minimum Gasteiger partial charge on any atom is -0.392 e. The second-order valence-corrected chi connectivity index (χ2v) is 6.41. The van der Waals surface area contributed by atoms with Gasteiger partial charge in [-0.05, 0) is 44.4 Å². The Morgan fingerprint density at radius 2 is 2.43 bits per heavy atom. The summed E-state index contributed by atoms with van der Waals surface area (Å²) in [6.07, 6.45) is 6.30. The van der Waals surface area contributed by atoms with Crippen LogP contribution in [0.3, 0.4) is 0 Å². The molecule has 2 atom stereocenters. The number of anilines is 1. The molecule has 1 aromatic rings. The molecule has 0 saturated carbocycles. The van der Waals surface area contributed by atoms with Gasteiger partial charge in [0.25, 0.3) is 0 Å². The summed E-state index contributed by atoms with van der Waals surface area (Å²) < 4.78 is 0. The fourth-order valence-electron chi connectivity index (χ4n) is 2.81. The molecule has 1 saturated heterocycles. The average Bonchev–Trinajstić information content (AvgIpc) is 2.55. The van der Waals surface area contributed by atoms with Gasteiger partial charge >= 0.3 is 0 Å². The fourth-order valence-corrected chi connectivity index (χ4v) is 2.92. The topological polar surface area (TPSA) is 65.5 Å². The lowest BCUT2D eigenvalue weighted by Gasteiger charge is -2.33. The summed E-state index contributed by atoms with van der Waals surface area (Å²) in [5, 5.41) is 13.4. The van der Waals surface area contributed by atoms with E-state index in [2.05, 4.69) is 21.8 Å². The minimum absolute atomic E-state index is 0.0231. The van der Waals surface area contributed by atoms with Gasteiger partial charge in [-0.1, -0.05) is 17.7 Å². The smallest absolute Gasteiger partial charge is 0.229 e. The van der Waals surface area contributed by atoms with E-state index in [1.54, 1.807) is 12.1 Å². The SMILES string of the molecule is C=CCCC(O)CN1CCCC(C(=O)Nc2ccc(Cl)cn2)C1. The molecule has 1 fully saturated rings. The van der Waals surface area contributed by atoms with Gasteiger partial charge in [-0.15, -0.1) is 6.58 Å². The molecule has 5 nitrogen and oxygen atoms in total. The predicted octanol–water partition coefficient (Wildman–Crippen LogP) is 2.71. The number of halogens is 1. The van der Waals surface area contributed by atoms with Crippen molar-refractivity contribution in [3.63, 3.8) is 0 Å². The zero-order valence-corrected chi connectivity index (χ0v) is 14.0. The van der Waals surface area contributed by atoms with Crippen LogP contribution in [0.15, 0.2) is 31.0 Å². The van der Waals surface area contributed by atoms with Crippen LogP contribution in [0.5, 0.6) is 0 Å². The Bertz CT molecular complexity index is 521. The molecular formula is C17H24ClN3O2. The average molecular weight is 338 g/mol. The Morgan fingerprint density at radius 1 is 1.61 bits per heavy atom. The fraction of sp³-hybridized carbons (Fsp3) is 0.529. The number of piperidine rings is 1. The van der Waals surface area contributed by atoms with E-state index in [4.69, 9.17) is 11.6 Å². The molecule has 0 radical (unpaired) electrons. The summed E-state index contributed by atoms with van der Waals surface area (Å²) in [6.45, 7) is 5.87. The van der Waals surface area contributed by atoms with Gasteiger partial charge in [-0.25, -0.2) is 4.98 Å². The Labute approximate surface area is 142 Å². The number of pyridine rings is 1. The van der Waals surface area contributed by atoms with Crippen LogP contribution in [0, 0.1) is 5.92 Å². The number of allylic oxidation sites excluding steroid dienone is 1. The molecule has 0 aliphatic carbocycles. The molecule has 0 spiro atoms. The van der Waals surface area contributed by atoms with E-state index >= 15 is 0 Å². The van der Waals surface area contributed by atoms with Gasteiger partial charge in [0.15, 0.2) is 0 Å². The summed E-state index contributed by atoms with van der Waals surface area (Å²) in [7, 11) is 0. The van der Waals surface area contributed by atoms with Crippen molar-refractivity contribution in [3.05, 3.63) is 36.0 Å². The van der Waals surface area contributed by atoms with Crippen molar-refractivity contribution >= 4 is 23.3 Å². The molecule has 1 aromatic heterocycles. The quantitative estimate of drug-likeness (QED) is 0.751. The first-order valence-electron chi connectivity index (χ1n) is 8.02. The summed E-state index contributed by atoms with van der Waals surface area (Å²) in [5.74, 6) is 0.417. The molecule has 0 bridgehead atoms. The summed E-state index contributed by atoms with van der Waals surface area (Å²) >= 11 is 5.79. The monoisotopic (exact) mass is 337 g/mol. The molecule has 0 aromatic carbocycles. The van der Waals surface area contributed by atoms with E-state index in [9.17, 15) is 9.90 Å². The van der Waals surface area contributed by atoms with E-state index in [1.165, 1.54) is 6.20 Å². The molecule has 1 aliphatic rings. The predicted molar refractivity (Wildman–Crippen MR) is 92.5 cm³/mol. The molecule has 23 heavy (non-hydrogen) atoms. The van der Waals surface area contributed by atoms with Crippen molar-refractivity contribution in [3.8, 4) is 0 Å². The standard InChI is InChI=1S/C17H24ClN3O2/c1-2-3-6-15(22)12-21-9-4-5-13(11-21)17(23)20-16-8-7-14(18)10-19-16/h2,7-8,10,13,15,22H,1,3-6,9,11-12H2,(H,19,20,23). The zero-order chi connectivity index (χ0) is 16.7. The van der Waals surface area contributed by atoms with E-state index in [1.807, 2.05) is 6.08 Å². The third-order valence-electron chi connectivity index (χ3n) is 4.03. The van der Waals surface area contributed by atoms with E-state index in [0.717, 1.165) is 25.8 Å². The second kappa shape index (κ2) is 9.01. The summed E-state index contributed by atoms with van der Waals surface area (Å²) in [4.78, 5) is 18.6. The molecule has 1 amide bonds. The highest BCUT2D eigenvalue weighted by atomic mass is 35.5. The number of hydrogen-bond donors (Lipinski definition) is 2. The number of rotatable bonds is 7. The van der Waals surface area contributed by atoms with Gasteiger partial charge in [0.05, 0.1) is 17.0 Å². The largest absolute Gasteiger partial charge is 0.392 e. The van der Waals surface area contributed by atoms with E-state index in [0.29, 0.717) is 30.4 Å². The van der Waals surface area contributed by atoms with Crippen LogP contribution in [-0.4, -0.2) is 46.6 Å². The van der Waals surface area contributed by atoms with Crippen molar-refractivity contribution in [2.24, 2.45) is 5.92 Å². The lowest BCUT2D eigenvalue weighted by molar-refractivity contribution is -0.121. The molecule has 2 heterocycles. The number of hydrogen-bond acceptors (Lipinski definition) is 4. The molecule has 2 rings (SSSR count). The maximum Gasteiger partial charge on any atom is 0.229 e. The van der Waals surface area contributed by atoms with Crippen molar-refractivity contribution in [2.75, 3.05) is 25.0 Å². The zero-order valence-electron chi connectivity index (χ0n) is 13.2. The molecular weight excluding hydrogens is 314 g/mol. The molecule has 6 heteroatoms. The Balaban J connectivity index is 1.83. The number of nitrogens with zero attached hydrogens (tertiary/aromatic N) is 2. The normalized spacial score (nSPS) is 20.0. The van der Waals surface area contributed by atoms with Gasteiger partial charge in [-0.3, -0.25) is 9.69 Å². The first-order chi connectivity index (χ1) is 11.1. The number of carbonyl (C=O) groups is 1. The van der Waals surface area contributed by atoms with Crippen molar-refractivity contribution in [1.29, 1.82) is 0 Å². The van der Waals surface area contributed by atoms with Crippen LogP contribution in [0.4, 0.5) is 5.82 Å². The Kier molecular flexibility index (Phi) is 7.02. The van der Waals surface area contributed by atoms with Crippen LogP contribution in [0.2, 0.25) is 5.02 Å². The van der Waals surface area contributed by atoms with Crippen LogP contribution in [0.1, 0.15) is 25.7 Å². The third-order valence-corrected chi connectivity index (χ3v) is 4.25. The number of nitrogens with one attached hydrogen (secondary N) is 1. The number of β-amino-alcohol motifs (C(OH)–C–C–N with tert-alkyl or cyclic N) is 1. The number of aromatic nitrogens is 1. The first kappa shape index (κ1) is 17.9. The van der Waals surface area contributed by atoms with Gasteiger partial charge in [0.1, 0.15) is 5.82 Å². The number of aliphatic hydroxyl groups is 1. The maximum atomic E-state index is 12.4. The van der Waals surface area contributed by atoms with Gasteiger partial charge < -0.3 is 10.4 Å². The summed E-state index contributed by atoms with van der Waals surface area (Å²) in [6, 6.07) is 3.40. The molecule has 2 N–H and O–H groups in total. The van der Waals surface area contributed by atoms with Crippen molar-refractivity contribution in [2.45, 2.75) is 31.8 Å². The molecule has 2 unspecified atom stereocenters. The molecule has 126 valence electrons. The van der Waals surface area contributed by atoms with Crippen LogP contribution < -0.4 is 5.32 Å². The lowest BCUT2D eigenvalue weighted by Crippen LogP contribution is -2.43. The third kappa shape index (κ3) is 5.94. The Hall–Kier alpha value is -1.43. The van der Waals surface area contributed by atoms with Gasteiger partial charge in [0.2, 0.25) is 5.91 Å².